The summed E-state index contributed by atoms with van der Waals surface area (Å²) >= 11 is 4.81. The van der Waals surface area contributed by atoms with Gasteiger partial charge in [-0.25, -0.2) is 13.4 Å². The number of halogens is 1. The lowest BCUT2D eigenvalue weighted by Crippen LogP contribution is -2.43. The first-order valence-corrected chi connectivity index (χ1v) is 15.9. The van der Waals surface area contributed by atoms with Crippen LogP contribution in [-0.2, 0) is 10.0 Å². The molecule has 3 aromatic carbocycles. The molecule has 5 rings (SSSR count). The Bertz CT molecular complexity index is 1620. The van der Waals surface area contributed by atoms with E-state index in [1.807, 2.05) is 56.3 Å². The minimum absolute atomic E-state index is 0.0103. The van der Waals surface area contributed by atoms with Crippen molar-refractivity contribution in [3.05, 3.63) is 87.9 Å². The van der Waals surface area contributed by atoms with E-state index in [-0.39, 0.29) is 10.9 Å². The first kappa shape index (κ1) is 27.6. The topological polar surface area (TPSA) is 82.9 Å². The van der Waals surface area contributed by atoms with E-state index in [9.17, 15) is 13.2 Å². The Kier molecular flexibility index (Phi) is 8.27. The number of aromatic nitrogens is 1. The van der Waals surface area contributed by atoms with Gasteiger partial charge in [-0.2, -0.15) is 14.4 Å². The van der Waals surface area contributed by atoms with Gasteiger partial charge in [-0.3, -0.25) is 4.79 Å². The number of thiazole rings is 1. The summed E-state index contributed by atoms with van der Waals surface area (Å²) in [4.78, 5) is 18.6. The van der Waals surface area contributed by atoms with Crippen LogP contribution >= 0.6 is 27.3 Å². The highest BCUT2D eigenvalue weighted by molar-refractivity contribution is 9.10. The molecule has 0 saturated carbocycles. The van der Waals surface area contributed by atoms with Crippen molar-refractivity contribution in [2.45, 2.75) is 50.5 Å². The van der Waals surface area contributed by atoms with Crippen LogP contribution in [0.4, 0.5) is 5.13 Å². The third-order valence-electron chi connectivity index (χ3n) is 6.85. The van der Waals surface area contributed by atoms with Crippen LogP contribution in [0.25, 0.3) is 10.2 Å². The fraction of sp³-hybridized carbons (Fsp3) is 0.276. The maximum atomic E-state index is 13.7. The molecule has 1 aliphatic heterocycles. The van der Waals surface area contributed by atoms with E-state index in [0.29, 0.717) is 17.2 Å². The number of piperidine rings is 1. The van der Waals surface area contributed by atoms with E-state index in [4.69, 9.17) is 0 Å². The van der Waals surface area contributed by atoms with Crippen molar-refractivity contribution < 1.29 is 13.2 Å². The molecular formula is C29H29BrN4O3S2. The largest absolute Gasteiger partial charge is 0.280 e. The number of rotatable bonds is 7. The van der Waals surface area contributed by atoms with Gasteiger partial charge in [-0.15, -0.1) is 0 Å². The first-order valence-electron chi connectivity index (χ1n) is 12.9. The Morgan fingerprint density at radius 3 is 2.59 bits per heavy atom. The number of nitrogens with zero attached hydrogens (tertiary/aromatic N) is 4. The molecule has 2 heterocycles. The molecule has 39 heavy (non-hydrogen) atoms. The molecule has 10 heteroatoms. The standard InChI is InChI=1S/C29H29BrN4O3S2/c1-3-24-6-4-5-17-33(24)39(36,37)25-14-10-22(11-15-25)28(35)34(31-19-21-8-12-23(30)13-9-21)29-32-26-16-7-20(2)18-27(26)38-29/h7-16,18-19,24H,3-6,17H2,1-2H3/b31-19+. The Hall–Kier alpha value is -2.92. The zero-order chi connectivity index (χ0) is 27.6. The lowest BCUT2D eigenvalue weighted by molar-refractivity contribution is 0.0987. The molecule has 7 nitrogen and oxygen atoms in total. The molecule has 1 unspecified atom stereocenters. The number of hydrazone groups is 1. The van der Waals surface area contributed by atoms with Crippen molar-refractivity contribution in [1.82, 2.24) is 9.29 Å². The molecule has 1 aliphatic rings. The number of sulfonamides is 1. The van der Waals surface area contributed by atoms with Gasteiger partial charge in [0, 0.05) is 22.6 Å². The average Bonchev–Trinajstić information content (AvgIpc) is 3.36. The predicted octanol–water partition coefficient (Wildman–Crippen LogP) is 7.00. The molecule has 0 bridgehead atoms. The molecule has 1 aromatic heterocycles. The van der Waals surface area contributed by atoms with Gasteiger partial charge >= 0.3 is 0 Å². The van der Waals surface area contributed by atoms with Crippen LogP contribution in [0.15, 0.2) is 81.2 Å². The predicted molar refractivity (Wildman–Crippen MR) is 161 cm³/mol. The highest BCUT2D eigenvalue weighted by Crippen LogP contribution is 2.31. The van der Waals surface area contributed by atoms with Gasteiger partial charge in [-0.1, -0.05) is 58.8 Å². The van der Waals surface area contributed by atoms with E-state index in [2.05, 4.69) is 26.0 Å². The molecule has 4 aromatic rings. The van der Waals surface area contributed by atoms with Crippen molar-refractivity contribution in [2.75, 3.05) is 11.6 Å². The van der Waals surface area contributed by atoms with Gasteiger partial charge in [0.15, 0.2) is 0 Å². The van der Waals surface area contributed by atoms with Gasteiger partial charge in [0.05, 0.1) is 21.3 Å². The molecule has 1 saturated heterocycles. The van der Waals surface area contributed by atoms with E-state index in [1.54, 1.807) is 22.7 Å². The molecule has 1 amide bonds. The molecule has 1 atom stereocenters. The fourth-order valence-electron chi connectivity index (χ4n) is 4.70. The van der Waals surface area contributed by atoms with Crippen molar-refractivity contribution >= 4 is 64.8 Å². The number of benzene rings is 3. The minimum atomic E-state index is -3.64. The Balaban J connectivity index is 1.47. The zero-order valence-corrected chi connectivity index (χ0v) is 25.0. The van der Waals surface area contributed by atoms with Crippen LogP contribution in [0, 0.1) is 6.92 Å². The summed E-state index contributed by atoms with van der Waals surface area (Å²) in [6.07, 6.45) is 5.17. The second-order valence-corrected chi connectivity index (χ2v) is 13.4. The van der Waals surface area contributed by atoms with E-state index in [0.717, 1.165) is 51.5 Å². The normalized spacial score (nSPS) is 16.6. The van der Waals surface area contributed by atoms with Crippen molar-refractivity contribution in [1.29, 1.82) is 0 Å². The second-order valence-electron chi connectivity index (χ2n) is 9.58. The van der Waals surface area contributed by atoms with Crippen molar-refractivity contribution in [2.24, 2.45) is 5.10 Å². The van der Waals surface area contributed by atoms with Gasteiger partial charge in [-0.05, 0) is 85.8 Å². The van der Waals surface area contributed by atoms with Crippen LogP contribution in [0.2, 0.25) is 0 Å². The molecule has 0 aliphatic carbocycles. The van der Waals surface area contributed by atoms with Crippen molar-refractivity contribution in [3.8, 4) is 0 Å². The third kappa shape index (κ3) is 5.99. The number of carbonyl (C=O) groups is 1. The van der Waals surface area contributed by atoms with E-state index in [1.165, 1.54) is 28.5 Å². The Labute approximate surface area is 241 Å². The monoisotopic (exact) mass is 624 g/mol. The number of aryl methyl sites for hydroxylation is 1. The van der Waals surface area contributed by atoms with Gasteiger partial charge in [0.1, 0.15) is 0 Å². The number of anilines is 1. The highest BCUT2D eigenvalue weighted by Gasteiger charge is 2.32. The summed E-state index contributed by atoms with van der Waals surface area (Å²) < 4.78 is 30.3. The molecule has 0 radical (unpaired) electrons. The number of amides is 1. The molecule has 202 valence electrons. The number of carbonyl (C=O) groups excluding carboxylic acids is 1. The van der Waals surface area contributed by atoms with E-state index >= 15 is 0 Å². The third-order valence-corrected chi connectivity index (χ3v) is 10.3. The summed E-state index contributed by atoms with van der Waals surface area (Å²) in [6.45, 7) is 4.56. The minimum Gasteiger partial charge on any atom is -0.267 e. The molecule has 0 N–H and O–H groups in total. The quantitative estimate of drug-likeness (QED) is 0.164. The van der Waals surface area contributed by atoms with Crippen LogP contribution in [-0.4, -0.2) is 42.4 Å². The van der Waals surface area contributed by atoms with Gasteiger partial charge < -0.3 is 0 Å². The average molecular weight is 626 g/mol. The van der Waals surface area contributed by atoms with E-state index < -0.39 is 15.9 Å². The van der Waals surface area contributed by atoms with Gasteiger partial charge in [0.25, 0.3) is 5.91 Å². The number of fused-ring (bicyclic) bond motifs is 1. The molecule has 1 fully saturated rings. The maximum absolute atomic E-state index is 13.7. The zero-order valence-electron chi connectivity index (χ0n) is 21.7. The molecular weight excluding hydrogens is 596 g/mol. The fourth-order valence-corrected chi connectivity index (χ4v) is 7.75. The lowest BCUT2D eigenvalue weighted by atomic mass is 10.0. The number of hydrogen-bond donors (Lipinski definition) is 0. The van der Waals surface area contributed by atoms with Crippen LogP contribution in [0.3, 0.4) is 0 Å². The first-order chi connectivity index (χ1) is 18.8. The van der Waals surface area contributed by atoms with Crippen LogP contribution in [0.1, 0.15) is 54.1 Å². The second kappa shape index (κ2) is 11.7. The van der Waals surface area contributed by atoms with Gasteiger partial charge in [0.2, 0.25) is 15.2 Å². The Morgan fingerprint density at radius 2 is 1.87 bits per heavy atom. The van der Waals surface area contributed by atoms with Crippen molar-refractivity contribution in [3.63, 3.8) is 0 Å². The molecule has 0 spiro atoms. The summed E-state index contributed by atoms with van der Waals surface area (Å²) in [7, 11) is -3.64. The summed E-state index contributed by atoms with van der Waals surface area (Å²) in [6, 6.07) is 19.7. The lowest BCUT2D eigenvalue weighted by Gasteiger charge is -2.34. The Morgan fingerprint density at radius 1 is 1.13 bits per heavy atom. The highest BCUT2D eigenvalue weighted by atomic mass is 79.9. The summed E-state index contributed by atoms with van der Waals surface area (Å²) in [5, 5.41) is 6.23. The smallest absolute Gasteiger partial charge is 0.267 e. The number of hydrogen-bond acceptors (Lipinski definition) is 6. The van der Waals surface area contributed by atoms with Crippen LogP contribution in [0.5, 0.6) is 0 Å². The van der Waals surface area contributed by atoms with Crippen LogP contribution < -0.4 is 5.01 Å². The summed E-state index contributed by atoms with van der Waals surface area (Å²) in [5.41, 5.74) is 3.03. The summed E-state index contributed by atoms with van der Waals surface area (Å²) in [5.74, 6) is -0.396. The maximum Gasteiger partial charge on any atom is 0.280 e. The SMILES string of the molecule is CCC1CCCCN1S(=O)(=O)c1ccc(C(=O)N(/N=C/c2ccc(Br)cc2)c2nc3ccc(C)cc3s2)cc1.